The maximum Gasteiger partial charge on any atom is 0.278 e. The van der Waals surface area contributed by atoms with Crippen molar-refractivity contribution in [3.05, 3.63) is 59.2 Å². The summed E-state index contributed by atoms with van der Waals surface area (Å²) in [7, 11) is 0. The molecule has 0 saturated carbocycles. The van der Waals surface area contributed by atoms with Gasteiger partial charge in [-0.15, -0.1) is 0 Å². The molecule has 0 atom stereocenters. The summed E-state index contributed by atoms with van der Waals surface area (Å²) >= 11 is 6.00. The third kappa shape index (κ3) is 3.28. The van der Waals surface area contributed by atoms with E-state index in [1.54, 1.807) is 24.3 Å². The van der Waals surface area contributed by atoms with Gasteiger partial charge in [0.2, 0.25) is 0 Å². The molecule has 0 unspecified atom stereocenters. The Morgan fingerprint density at radius 3 is 2.44 bits per heavy atom. The first kappa shape index (κ1) is 15.8. The standard InChI is InChI=1S/C19H17ClN4O/c20-13-6-5-7-14(12-13)21-19(25)17-18(24-10-3-4-11-24)23-16-9-2-1-8-15(16)22-17/h1-2,5-9,12H,3-4,10-11H2,(H,21,25). The van der Waals surface area contributed by atoms with E-state index in [0.717, 1.165) is 31.4 Å². The molecule has 2 heterocycles. The second-order valence-corrected chi connectivity index (χ2v) is 6.48. The van der Waals surface area contributed by atoms with Crippen LogP contribution in [0.1, 0.15) is 23.3 Å². The summed E-state index contributed by atoms with van der Waals surface area (Å²) < 4.78 is 0. The number of anilines is 2. The Bertz CT molecular complexity index is 938. The zero-order chi connectivity index (χ0) is 17.2. The molecule has 1 N–H and O–H groups in total. The number of halogens is 1. The Kier molecular flexibility index (Phi) is 4.24. The summed E-state index contributed by atoms with van der Waals surface area (Å²) in [6.07, 6.45) is 2.20. The van der Waals surface area contributed by atoms with Crippen LogP contribution >= 0.6 is 11.6 Å². The second kappa shape index (κ2) is 6.69. The number of rotatable bonds is 3. The minimum atomic E-state index is -0.276. The summed E-state index contributed by atoms with van der Waals surface area (Å²) in [5.74, 6) is 0.373. The Hall–Kier alpha value is -2.66. The van der Waals surface area contributed by atoms with Crippen molar-refractivity contribution in [3.63, 3.8) is 0 Å². The molecule has 3 aromatic rings. The molecule has 0 bridgehead atoms. The van der Waals surface area contributed by atoms with Crippen molar-refractivity contribution in [2.75, 3.05) is 23.3 Å². The lowest BCUT2D eigenvalue weighted by Gasteiger charge is -2.19. The molecule has 2 aromatic carbocycles. The summed E-state index contributed by atoms with van der Waals surface area (Å²) in [4.78, 5) is 24.3. The molecule has 0 radical (unpaired) electrons. The van der Waals surface area contributed by atoms with E-state index in [0.29, 0.717) is 27.7 Å². The van der Waals surface area contributed by atoms with Crippen LogP contribution in [-0.2, 0) is 0 Å². The third-order valence-electron chi connectivity index (χ3n) is 4.26. The van der Waals surface area contributed by atoms with Gasteiger partial charge in [0.25, 0.3) is 5.91 Å². The normalized spacial score (nSPS) is 14.0. The van der Waals surface area contributed by atoms with E-state index >= 15 is 0 Å². The van der Waals surface area contributed by atoms with Crippen LogP contribution in [0, 0.1) is 0 Å². The van der Waals surface area contributed by atoms with Crippen LogP contribution in [0.2, 0.25) is 5.02 Å². The van der Waals surface area contributed by atoms with Gasteiger partial charge in [0.1, 0.15) is 0 Å². The zero-order valence-electron chi connectivity index (χ0n) is 13.6. The van der Waals surface area contributed by atoms with Gasteiger partial charge in [-0.2, -0.15) is 0 Å². The van der Waals surface area contributed by atoms with Gasteiger partial charge in [-0.3, -0.25) is 4.79 Å². The number of nitrogens with zero attached hydrogens (tertiary/aromatic N) is 3. The maximum absolute atomic E-state index is 12.9. The van der Waals surface area contributed by atoms with Crippen molar-refractivity contribution in [1.29, 1.82) is 0 Å². The third-order valence-corrected chi connectivity index (χ3v) is 4.49. The first-order valence-electron chi connectivity index (χ1n) is 8.29. The van der Waals surface area contributed by atoms with E-state index < -0.39 is 0 Å². The molecule has 1 saturated heterocycles. The molecule has 1 aromatic heterocycles. The number of para-hydroxylation sites is 2. The number of aromatic nitrogens is 2. The summed E-state index contributed by atoms with van der Waals surface area (Å²) in [6, 6.07) is 14.7. The smallest absolute Gasteiger partial charge is 0.278 e. The average molecular weight is 353 g/mol. The van der Waals surface area contributed by atoms with E-state index in [9.17, 15) is 4.79 Å². The van der Waals surface area contributed by atoms with E-state index in [1.165, 1.54) is 0 Å². The van der Waals surface area contributed by atoms with Crippen molar-refractivity contribution in [2.24, 2.45) is 0 Å². The molecule has 0 aliphatic carbocycles. The molecule has 1 amide bonds. The highest BCUT2D eigenvalue weighted by molar-refractivity contribution is 6.31. The van der Waals surface area contributed by atoms with Crippen LogP contribution in [0.4, 0.5) is 11.5 Å². The van der Waals surface area contributed by atoms with Crippen LogP contribution < -0.4 is 10.2 Å². The number of hydrogen-bond donors (Lipinski definition) is 1. The SMILES string of the molecule is O=C(Nc1cccc(Cl)c1)c1nc2ccccc2nc1N1CCCC1. The highest BCUT2D eigenvalue weighted by atomic mass is 35.5. The largest absolute Gasteiger partial charge is 0.355 e. The first-order valence-corrected chi connectivity index (χ1v) is 8.67. The molecule has 4 rings (SSSR count). The van der Waals surface area contributed by atoms with Gasteiger partial charge in [0.15, 0.2) is 11.5 Å². The number of nitrogens with one attached hydrogen (secondary N) is 1. The van der Waals surface area contributed by atoms with Gasteiger partial charge in [-0.25, -0.2) is 9.97 Å². The molecule has 6 heteroatoms. The number of benzene rings is 2. The minimum absolute atomic E-state index is 0.276. The predicted molar refractivity (Wildman–Crippen MR) is 100 cm³/mol. The number of fused-ring (bicyclic) bond motifs is 1. The Morgan fingerprint density at radius 2 is 1.72 bits per heavy atom. The lowest BCUT2D eigenvalue weighted by molar-refractivity contribution is 0.102. The number of amides is 1. The molecule has 1 aliphatic heterocycles. The molecular formula is C19H17ClN4O. The minimum Gasteiger partial charge on any atom is -0.355 e. The lowest BCUT2D eigenvalue weighted by Crippen LogP contribution is -2.25. The van der Waals surface area contributed by atoms with Gasteiger partial charge in [0.05, 0.1) is 11.0 Å². The van der Waals surface area contributed by atoms with Crippen molar-refractivity contribution in [3.8, 4) is 0 Å². The van der Waals surface area contributed by atoms with Crippen LogP contribution in [0.5, 0.6) is 0 Å². The molecule has 1 fully saturated rings. The number of carbonyl (C=O) groups excluding carboxylic acids is 1. The van der Waals surface area contributed by atoms with Crippen molar-refractivity contribution in [2.45, 2.75) is 12.8 Å². The fourth-order valence-electron chi connectivity index (χ4n) is 3.05. The molecule has 0 spiro atoms. The number of carbonyl (C=O) groups is 1. The fourth-order valence-corrected chi connectivity index (χ4v) is 3.24. The van der Waals surface area contributed by atoms with E-state index in [2.05, 4.69) is 15.2 Å². The molecular weight excluding hydrogens is 336 g/mol. The van der Waals surface area contributed by atoms with Gasteiger partial charge >= 0.3 is 0 Å². The highest BCUT2D eigenvalue weighted by Crippen LogP contribution is 2.25. The molecule has 126 valence electrons. The quantitative estimate of drug-likeness (QED) is 0.769. The summed E-state index contributed by atoms with van der Waals surface area (Å²) in [5.41, 5.74) is 2.49. The highest BCUT2D eigenvalue weighted by Gasteiger charge is 2.23. The van der Waals surface area contributed by atoms with E-state index in [4.69, 9.17) is 16.6 Å². The molecule has 5 nitrogen and oxygen atoms in total. The second-order valence-electron chi connectivity index (χ2n) is 6.04. The molecule has 1 aliphatic rings. The Balaban J connectivity index is 1.75. The average Bonchev–Trinajstić information content (AvgIpc) is 3.15. The topological polar surface area (TPSA) is 58.1 Å². The zero-order valence-corrected chi connectivity index (χ0v) is 14.3. The van der Waals surface area contributed by atoms with Crippen molar-refractivity contribution < 1.29 is 4.79 Å². The van der Waals surface area contributed by atoms with Crippen LogP contribution in [-0.4, -0.2) is 29.0 Å². The van der Waals surface area contributed by atoms with Crippen LogP contribution in [0.3, 0.4) is 0 Å². The summed E-state index contributed by atoms with van der Waals surface area (Å²) in [6.45, 7) is 1.79. The number of hydrogen-bond acceptors (Lipinski definition) is 4. The monoisotopic (exact) mass is 352 g/mol. The van der Waals surface area contributed by atoms with Crippen LogP contribution in [0.25, 0.3) is 11.0 Å². The van der Waals surface area contributed by atoms with E-state index in [1.807, 2.05) is 24.3 Å². The first-order chi connectivity index (χ1) is 12.2. The van der Waals surface area contributed by atoms with E-state index in [-0.39, 0.29) is 5.91 Å². The fraction of sp³-hybridized carbons (Fsp3) is 0.211. The van der Waals surface area contributed by atoms with Gasteiger partial charge in [-0.1, -0.05) is 29.8 Å². The van der Waals surface area contributed by atoms with Gasteiger partial charge < -0.3 is 10.2 Å². The Morgan fingerprint density at radius 1 is 1.00 bits per heavy atom. The maximum atomic E-state index is 12.9. The lowest BCUT2D eigenvalue weighted by atomic mass is 10.2. The predicted octanol–water partition coefficient (Wildman–Crippen LogP) is 4.14. The van der Waals surface area contributed by atoms with Gasteiger partial charge in [-0.05, 0) is 43.2 Å². The van der Waals surface area contributed by atoms with Gasteiger partial charge in [0, 0.05) is 23.8 Å². The molecule has 25 heavy (non-hydrogen) atoms. The van der Waals surface area contributed by atoms with Crippen LogP contribution in [0.15, 0.2) is 48.5 Å². The van der Waals surface area contributed by atoms with Crippen molar-refractivity contribution in [1.82, 2.24) is 9.97 Å². The summed E-state index contributed by atoms with van der Waals surface area (Å²) in [5, 5.41) is 3.45. The Labute approximate surface area is 150 Å². The van der Waals surface area contributed by atoms with Crippen molar-refractivity contribution >= 4 is 40.0 Å².